The minimum atomic E-state index is 0.498. The molecule has 0 atom stereocenters. The summed E-state index contributed by atoms with van der Waals surface area (Å²) in [4.78, 5) is 44.4. The first kappa shape index (κ1) is 41.2. The molecule has 0 unspecified atom stereocenters. The molecule has 0 spiro atoms. The summed E-state index contributed by atoms with van der Waals surface area (Å²) in [5, 5.41) is 0. The SMILES string of the molecule is Cn1c2cc(ncn2)n(Cc2ccccc2)c2cccc(n2)n(C)c2cc(ncn2)n(Cc2ccccc2)c2cccc(n2)n(C)c2cc(ncn2)n(Cc2ccccc2)c2cccc1n2. The molecule has 10 aromatic rings. The third kappa shape index (κ3) is 8.85. The van der Waals surface area contributed by atoms with Crippen LogP contribution in [0.25, 0.3) is 67.8 Å². The molecule has 15 heteroatoms. The zero-order chi connectivity index (χ0) is 44.8. The van der Waals surface area contributed by atoms with Crippen molar-refractivity contribution in [1.82, 2.24) is 72.3 Å². The molecular weight excluding hydrogens is 823 g/mol. The van der Waals surface area contributed by atoms with Gasteiger partial charge in [0.15, 0.2) is 0 Å². The van der Waals surface area contributed by atoms with Crippen molar-refractivity contribution >= 4 is 67.8 Å². The largest absolute Gasteiger partial charge is 0.314 e. The van der Waals surface area contributed by atoms with Gasteiger partial charge in [0.2, 0.25) is 0 Å². The minimum absolute atomic E-state index is 0.498. The second kappa shape index (κ2) is 18.5. The van der Waals surface area contributed by atoms with Crippen molar-refractivity contribution in [2.24, 2.45) is 21.1 Å². The number of aromatic nitrogens is 15. The molecule has 7 heterocycles. The van der Waals surface area contributed by atoms with Crippen molar-refractivity contribution in [1.29, 1.82) is 0 Å². The highest BCUT2D eigenvalue weighted by atomic mass is 15.2. The number of aryl methyl sites for hydroxylation is 3. The lowest BCUT2D eigenvalue weighted by Gasteiger charge is -2.12. The van der Waals surface area contributed by atoms with Crippen LogP contribution in [0.1, 0.15) is 16.7 Å². The molecule has 0 aliphatic carbocycles. The molecule has 0 radical (unpaired) electrons. The molecule has 0 saturated heterocycles. The van der Waals surface area contributed by atoms with Crippen LogP contribution in [0.15, 0.2) is 183 Å². The maximum atomic E-state index is 5.24. The van der Waals surface area contributed by atoms with E-state index in [1.165, 1.54) is 0 Å². The second-order valence-electron chi connectivity index (χ2n) is 15.7. The van der Waals surface area contributed by atoms with E-state index in [4.69, 9.17) is 44.9 Å². The Hall–Kier alpha value is -8.85. The first-order chi connectivity index (χ1) is 32.4. The first-order valence-corrected chi connectivity index (χ1v) is 21.5. The van der Waals surface area contributed by atoms with Crippen LogP contribution in [0.5, 0.6) is 0 Å². The molecule has 0 aliphatic rings. The van der Waals surface area contributed by atoms with Gasteiger partial charge in [-0.2, -0.15) is 0 Å². The van der Waals surface area contributed by atoms with Crippen molar-refractivity contribution in [3.63, 3.8) is 0 Å². The molecule has 0 aliphatic heterocycles. The van der Waals surface area contributed by atoms with E-state index in [1.54, 1.807) is 19.0 Å². The van der Waals surface area contributed by atoms with Gasteiger partial charge in [0.05, 0.1) is 19.6 Å². The van der Waals surface area contributed by atoms with Crippen LogP contribution in [0.3, 0.4) is 0 Å². The molecule has 0 N–H and O–H groups in total. The van der Waals surface area contributed by atoms with E-state index in [1.807, 2.05) is 162 Å². The zero-order valence-corrected chi connectivity index (χ0v) is 36.7. The predicted molar refractivity (Wildman–Crippen MR) is 258 cm³/mol. The maximum absolute atomic E-state index is 5.24. The Morgan fingerprint density at radius 2 is 0.530 bits per heavy atom. The Balaban J connectivity index is 1.35. The van der Waals surface area contributed by atoms with E-state index in [0.29, 0.717) is 87.4 Å². The number of pyridine rings is 3. The number of rotatable bonds is 6. The molecule has 7 aromatic heterocycles. The van der Waals surface area contributed by atoms with Crippen LogP contribution in [-0.2, 0) is 40.8 Å². The van der Waals surface area contributed by atoms with E-state index in [2.05, 4.69) is 50.1 Å². The highest BCUT2D eigenvalue weighted by Crippen LogP contribution is 2.17. The Morgan fingerprint density at radius 3 is 0.818 bits per heavy atom. The topological polar surface area (TPSA) is 146 Å². The summed E-state index contributed by atoms with van der Waals surface area (Å²) < 4.78 is 12.1. The van der Waals surface area contributed by atoms with E-state index < -0.39 is 0 Å². The Kier molecular flexibility index (Phi) is 11.5. The van der Waals surface area contributed by atoms with E-state index >= 15 is 0 Å². The molecule has 12 bridgehead atoms. The number of hydrogen-bond acceptors (Lipinski definition) is 9. The lowest BCUT2D eigenvalue weighted by atomic mass is 10.2. The summed E-state index contributed by atoms with van der Waals surface area (Å²) in [5.74, 6) is 0. The van der Waals surface area contributed by atoms with Crippen LogP contribution in [0.4, 0.5) is 0 Å². The molecule has 3 aromatic carbocycles. The molecule has 15 nitrogen and oxygen atoms in total. The molecule has 0 saturated carbocycles. The van der Waals surface area contributed by atoms with E-state index in [-0.39, 0.29) is 0 Å². The smallest absolute Gasteiger partial charge is 0.139 e. The van der Waals surface area contributed by atoms with Crippen molar-refractivity contribution in [2.75, 3.05) is 0 Å². The number of benzene rings is 3. The summed E-state index contributed by atoms with van der Waals surface area (Å²) in [6, 6.07) is 54.6. The van der Waals surface area contributed by atoms with Gasteiger partial charge in [-0.1, -0.05) is 109 Å². The number of nitrogens with zero attached hydrogens (tertiary/aromatic N) is 15. The van der Waals surface area contributed by atoms with Gasteiger partial charge in [0, 0.05) is 39.3 Å². The average Bonchev–Trinajstić information content (AvgIpc) is 3.39. The van der Waals surface area contributed by atoms with Gasteiger partial charge in [-0.3, -0.25) is 0 Å². The lowest BCUT2D eigenvalue weighted by Crippen LogP contribution is -2.08. The van der Waals surface area contributed by atoms with Crippen LogP contribution in [-0.4, -0.2) is 72.3 Å². The summed E-state index contributed by atoms with van der Waals surface area (Å²) in [6.07, 6.45) is 4.74. The van der Waals surface area contributed by atoms with Crippen LogP contribution in [0.2, 0.25) is 0 Å². The quantitative estimate of drug-likeness (QED) is 0.160. The molecule has 324 valence electrons. The minimum Gasteiger partial charge on any atom is -0.314 e. The Morgan fingerprint density at radius 1 is 0.273 bits per heavy atom. The average molecular weight is 868 g/mol. The highest BCUT2D eigenvalue weighted by Gasteiger charge is 2.09. The summed E-state index contributed by atoms with van der Waals surface area (Å²) in [5.41, 5.74) is 11.3. The monoisotopic (exact) mass is 867 g/mol. The number of fused-ring (bicyclic) bond motifs is 12. The molecule has 10 rings (SSSR count). The summed E-state index contributed by atoms with van der Waals surface area (Å²) in [7, 11) is 5.86. The summed E-state index contributed by atoms with van der Waals surface area (Å²) in [6.45, 7) is 1.49. The molecule has 0 amide bonds. The molecular formula is C51H45N15. The van der Waals surface area contributed by atoms with Gasteiger partial charge in [-0.05, 0) is 53.1 Å². The van der Waals surface area contributed by atoms with Gasteiger partial charge in [0.25, 0.3) is 0 Å². The zero-order valence-electron chi connectivity index (χ0n) is 36.7. The highest BCUT2D eigenvalue weighted by molar-refractivity contribution is 5.64. The third-order valence-electron chi connectivity index (χ3n) is 11.3. The van der Waals surface area contributed by atoms with Gasteiger partial charge in [-0.25, -0.2) is 44.9 Å². The van der Waals surface area contributed by atoms with Crippen molar-refractivity contribution in [3.05, 3.63) is 199 Å². The van der Waals surface area contributed by atoms with Crippen LogP contribution < -0.4 is 0 Å². The maximum Gasteiger partial charge on any atom is 0.139 e. The summed E-state index contributed by atoms with van der Waals surface area (Å²) >= 11 is 0. The van der Waals surface area contributed by atoms with Crippen molar-refractivity contribution in [2.45, 2.75) is 19.6 Å². The Labute approximate surface area is 379 Å². The normalized spacial score (nSPS) is 11.1. The molecule has 66 heavy (non-hydrogen) atoms. The van der Waals surface area contributed by atoms with Gasteiger partial charge in [-0.15, -0.1) is 0 Å². The van der Waals surface area contributed by atoms with Gasteiger partial charge < -0.3 is 27.4 Å². The van der Waals surface area contributed by atoms with Gasteiger partial charge >= 0.3 is 0 Å². The van der Waals surface area contributed by atoms with Crippen molar-refractivity contribution in [3.8, 4) is 0 Å². The third-order valence-corrected chi connectivity index (χ3v) is 11.3. The predicted octanol–water partition coefficient (Wildman–Crippen LogP) is 8.79. The lowest BCUT2D eigenvalue weighted by molar-refractivity contribution is 0.820. The van der Waals surface area contributed by atoms with Crippen molar-refractivity contribution < 1.29 is 0 Å². The van der Waals surface area contributed by atoms with E-state index in [0.717, 1.165) is 16.7 Å². The van der Waals surface area contributed by atoms with E-state index in [9.17, 15) is 0 Å². The number of hydrogen-bond donors (Lipinski definition) is 0. The standard InChI is InChI=1S/C51H45N15/c1-61-40-22-13-25-43(58-40)64(31-37-16-7-4-8-17-37)50-29-47(53-35-56-50)63(3)42-24-15-27-45(60-42)66(33-39-20-11-6-12-21-39)51-30-48(54-36-57-51)62(2)41-23-14-26-44(59-41)65(32-38-18-9-5-10-19-38)49-28-46(61)52-34-55-49/h4-30,34-36H,31-33H2,1-3H3. The van der Waals surface area contributed by atoms with Crippen LogP contribution >= 0.6 is 0 Å². The van der Waals surface area contributed by atoms with Gasteiger partial charge in [0.1, 0.15) is 86.7 Å². The molecule has 0 fully saturated rings. The first-order valence-electron chi connectivity index (χ1n) is 21.5. The Bertz CT molecular complexity index is 3110. The second-order valence-corrected chi connectivity index (χ2v) is 15.7. The van der Waals surface area contributed by atoms with Crippen LogP contribution in [0, 0.1) is 0 Å². The fourth-order valence-electron chi connectivity index (χ4n) is 7.74. The fourth-order valence-corrected chi connectivity index (χ4v) is 7.74. The fraction of sp³-hybridized carbons (Fsp3) is 0.118.